The number of amides is 1. The van der Waals surface area contributed by atoms with Crippen LogP contribution in [0.15, 0.2) is 21.7 Å². The van der Waals surface area contributed by atoms with E-state index in [9.17, 15) is 14.7 Å². The minimum Gasteiger partial charge on any atom is -0.479 e. The molecule has 1 fully saturated rings. The Morgan fingerprint density at radius 3 is 2.95 bits per heavy atom. The van der Waals surface area contributed by atoms with E-state index in [1.54, 1.807) is 11.3 Å². The summed E-state index contributed by atoms with van der Waals surface area (Å²) in [6.07, 6.45) is 3.27. The van der Waals surface area contributed by atoms with Gasteiger partial charge in [-0.3, -0.25) is 4.79 Å². The molecule has 20 heavy (non-hydrogen) atoms. The lowest BCUT2D eigenvalue weighted by Gasteiger charge is -2.39. The number of thioether (sulfide) groups is 1. The smallest absolute Gasteiger partial charge is 0.329 e. The zero-order valence-electron chi connectivity index (χ0n) is 11.4. The SMILES string of the molecule is CC1CCCCC1(NC(=O)CSc1cccs1)C(=O)O. The van der Waals surface area contributed by atoms with Gasteiger partial charge in [0.15, 0.2) is 0 Å². The van der Waals surface area contributed by atoms with Crippen LogP contribution in [-0.2, 0) is 9.59 Å². The number of hydrogen-bond donors (Lipinski definition) is 2. The fraction of sp³-hybridized carbons (Fsp3) is 0.571. The summed E-state index contributed by atoms with van der Waals surface area (Å²) in [5.74, 6) is -0.856. The number of carbonyl (C=O) groups excluding carboxylic acids is 1. The van der Waals surface area contributed by atoms with Crippen LogP contribution >= 0.6 is 23.1 Å². The van der Waals surface area contributed by atoms with Gasteiger partial charge in [0.25, 0.3) is 0 Å². The molecule has 1 aromatic heterocycles. The fourth-order valence-electron chi connectivity index (χ4n) is 2.67. The predicted molar refractivity (Wildman–Crippen MR) is 81.2 cm³/mol. The molecule has 0 aromatic carbocycles. The molecule has 2 N–H and O–H groups in total. The lowest BCUT2D eigenvalue weighted by molar-refractivity contribution is -0.151. The summed E-state index contributed by atoms with van der Waals surface area (Å²) in [4.78, 5) is 23.7. The summed E-state index contributed by atoms with van der Waals surface area (Å²) >= 11 is 3.03. The number of carboxylic acids is 1. The third kappa shape index (κ3) is 3.35. The molecule has 0 spiro atoms. The van der Waals surface area contributed by atoms with Crippen LogP contribution in [0.4, 0.5) is 0 Å². The molecule has 0 saturated heterocycles. The molecule has 2 atom stereocenters. The van der Waals surface area contributed by atoms with Gasteiger partial charge in [0.05, 0.1) is 9.96 Å². The van der Waals surface area contributed by atoms with Crippen molar-refractivity contribution in [2.24, 2.45) is 5.92 Å². The molecule has 110 valence electrons. The summed E-state index contributed by atoms with van der Waals surface area (Å²) in [5.41, 5.74) is -1.08. The third-order valence-electron chi connectivity index (χ3n) is 3.88. The number of hydrogen-bond acceptors (Lipinski definition) is 4. The van der Waals surface area contributed by atoms with Crippen molar-refractivity contribution in [1.29, 1.82) is 0 Å². The monoisotopic (exact) mass is 313 g/mol. The minimum absolute atomic E-state index is 0.0237. The Morgan fingerprint density at radius 1 is 1.55 bits per heavy atom. The number of thiophene rings is 1. The molecule has 0 bridgehead atoms. The third-order valence-corrected chi connectivity index (χ3v) is 6.02. The van der Waals surface area contributed by atoms with Gasteiger partial charge in [0, 0.05) is 0 Å². The zero-order chi connectivity index (χ0) is 14.6. The highest BCUT2D eigenvalue weighted by atomic mass is 32.2. The summed E-state index contributed by atoms with van der Waals surface area (Å²) < 4.78 is 1.07. The van der Waals surface area contributed by atoms with E-state index in [0.29, 0.717) is 6.42 Å². The molecule has 1 aliphatic carbocycles. The van der Waals surface area contributed by atoms with Crippen LogP contribution in [0.3, 0.4) is 0 Å². The first kappa shape index (κ1) is 15.4. The molecule has 4 nitrogen and oxygen atoms in total. The largest absolute Gasteiger partial charge is 0.479 e. The minimum atomic E-state index is -1.08. The van der Waals surface area contributed by atoms with Gasteiger partial charge in [-0.05, 0) is 30.2 Å². The molecule has 6 heteroatoms. The van der Waals surface area contributed by atoms with E-state index in [-0.39, 0.29) is 17.6 Å². The van der Waals surface area contributed by atoms with Gasteiger partial charge in [0.1, 0.15) is 5.54 Å². The molecular weight excluding hydrogens is 294 g/mol. The highest BCUT2D eigenvalue weighted by Crippen LogP contribution is 2.34. The van der Waals surface area contributed by atoms with Crippen LogP contribution in [0, 0.1) is 5.92 Å². The molecule has 1 amide bonds. The Balaban J connectivity index is 1.97. The Kier molecular flexibility index (Phi) is 5.10. The Bertz CT molecular complexity index is 475. The summed E-state index contributed by atoms with van der Waals surface area (Å²) in [5, 5.41) is 14.3. The van der Waals surface area contributed by atoms with Crippen molar-refractivity contribution in [3.05, 3.63) is 17.5 Å². The van der Waals surface area contributed by atoms with Gasteiger partial charge in [-0.1, -0.05) is 25.8 Å². The lowest BCUT2D eigenvalue weighted by Crippen LogP contribution is -2.60. The second-order valence-electron chi connectivity index (χ2n) is 5.19. The van der Waals surface area contributed by atoms with Crippen LogP contribution < -0.4 is 5.32 Å². The van der Waals surface area contributed by atoms with Gasteiger partial charge in [-0.2, -0.15) is 0 Å². The topological polar surface area (TPSA) is 66.4 Å². The normalized spacial score (nSPS) is 26.1. The number of carbonyl (C=O) groups is 2. The molecule has 2 unspecified atom stereocenters. The second kappa shape index (κ2) is 6.63. The van der Waals surface area contributed by atoms with Crippen molar-refractivity contribution in [3.8, 4) is 0 Å². The van der Waals surface area contributed by atoms with Crippen LogP contribution in [0.2, 0.25) is 0 Å². The second-order valence-corrected chi connectivity index (χ2v) is 7.42. The molecule has 2 rings (SSSR count). The lowest BCUT2D eigenvalue weighted by atomic mass is 9.73. The Morgan fingerprint density at radius 2 is 2.35 bits per heavy atom. The van der Waals surface area contributed by atoms with Gasteiger partial charge in [0.2, 0.25) is 5.91 Å². The van der Waals surface area contributed by atoms with E-state index in [1.165, 1.54) is 11.8 Å². The molecule has 1 aliphatic rings. The van der Waals surface area contributed by atoms with Crippen LogP contribution in [0.5, 0.6) is 0 Å². The number of rotatable bonds is 5. The number of aliphatic carboxylic acids is 1. The maximum atomic E-state index is 12.1. The van der Waals surface area contributed by atoms with Crippen molar-refractivity contribution < 1.29 is 14.7 Å². The zero-order valence-corrected chi connectivity index (χ0v) is 13.1. The van der Waals surface area contributed by atoms with E-state index in [2.05, 4.69) is 5.32 Å². The number of nitrogens with one attached hydrogen (secondary N) is 1. The fourth-order valence-corrected chi connectivity index (χ4v) is 4.26. The first-order valence-corrected chi connectivity index (χ1v) is 8.62. The van der Waals surface area contributed by atoms with Crippen molar-refractivity contribution in [2.45, 2.75) is 42.4 Å². The summed E-state index contributed by atoms with van der Waals surface area (Å²) in [7, 11) is 0. The molecule has 0 radical (unpaired) electrons. The van der Waals surface area contributed by atoms with Crippen molar-refractivity contribution in [1.82, 2.24) is 5.32 Å². The van der Waals surface area contributed by atoms with Crippen LogP contribution in [0.1, 0.15) is 32.6 Å². The van der Waals surface area contributed by atoms with E-state index in [0.717, 1.165) is 23.5 Å². The quantitative estimate of drug-likeness (QED) is 0.820. The van der Waals surface area contributed by atoms with Crippen molar-refractivity contribution in [2.75, 3.05) is 5.75 Å². The highest BCUT2D eigenvalue weighted by Gasteiger charge is 2.46. The maximum Gasteiger partial charge on any atom is 0.329 e. The van der Waals surface area contributed by atoms with E-state index < -0.39 is 11.5 Å². The first-order valence-electron chi connectivity index (χ1n) is 6.75. The standard InChI is InChI=1S/C14H19NO3S2/c1-10-5-2-3-7-14(10,13(17)18)15-11(16)9-20-12-6-4-8-19-12/h4,6,8,10H,2-3,5,7,9H2,1H3,(H,15,16)(H,17,18). The average Bonchev–Trinajstić information content (AvgIpc) is 2.92. The summed E-state index contributed by atoms with van der Waals surface area (Å²) in [6, 6.07) is 3.89. The van der Waals surface area contributed by atoms with Crippen molar-refractivity contribution in [3.63, 3.8) is 0 Å². The van der Waals surface area contributed by atoms with Crippen LogP contribution in [-0.4, -0.2) is 28.3 Å². The molecule has 1 aromatic rings. The first-order chi connectivity index (χ1) is 9.54. The molecule has 1 saturated carbocycles. The number of carboxylic acid groups (broad SMARTS) is 1. The predicted octanol–water partition coefficient (Wildman–Crippen LogP) is 2.99. The maximum absolute atomic E-state index is 12.1. The molecule has 1 heterocycles. The van der Waals surface area contributed by atoms with E-state index >= 15 is 0 Å². The van der Waals surface area contributed by atoms with Crippen molar-refractivity contribution >= 4 is 35.0 Å². The molecular formula is C14H19NO3S2. The van der Waals surface area contributed by atoms with Gasteiger partial charge in [-0.15, -0.1) is 23.1 Å². The van der Waals surface area contributed by atoms with E-state index in [4.69, 9.17) is 0 Å². The summed E-state index contributed by atoms with van der Waals surface area (Å²) in [6.45, 7) is 1.92. The Labute approximate surface area is 127 Å². The van der Waals surface area contributed by atoms with Crippen LogP contribution in [0.25, 0.3) is 0 Å². The molecule has 0 aliphatic heterocycles. The van der Waals surface area contributed by atoms with Gasteiger partial charge in [-0.25, -0.2) is 4.79 Å². The average molecular weight is 313 g/mol. The van der Waals surface area contributed by atoms with Gasteiger partial charge < -0.3 is 10.4 Å². The van der Waals surface area contributed by atoms with Gasteiger partial charge >= 0.3 is 5.97 Å². The van der Waals surface area contributed by atoms with E-state index in [1.807, 2.05) is 24.4 Å². The highest BCUT2D eigenvalue weighted by molar-refractivity contribution is 8.01. The Hall–Kier alpha value is -1.01.